The maximum atomic E-state index is 6.03. The Labute approximate surface area is 117 Å². The first-order chi connectivity index (χ1) is 9.72. The van der Waals surface area contributed by atoms with Crippen molar-refractivity contribution in [3.63, 3.8) is 0 Å². The molecule has 3 rings (SSSR count). The molecular weight excluding hydrogens is 258 g/mol. The quantitative estimate of drug-likeness (QED) is 0.847. The third-order valence-corrected chi connectivity index (χ3v) is 3.31. The van der Waals surface area contributed by atoms with E-state index in [1.54, 1.807) is 18.1 Å². The summed E-state index contributed by atoms with van der Waals surface area (Å²) in [4.78, 5) is 3.96. The highest BCUT2D eigenvalue weighted by Gasteiger charge is 2.42. The van der Waals surface area contributed by atoms with Crippen LogP contribution in [0.3, 0.4) is 0 Å². The molecule has 1 fully saturated rings. The maximum absolute atomic E-state index is 6.03. The zero-order valence-corrected chi connectivity index (χ0v) is 11.5. The summed E-state index contributed by atoms with van der Waals surface area (Å²) in [5.74, 6) is -0.0185. The van der Waals surface area contributed by atoms with Crippen LogP contribution in [0.4, 0.5) is 0 Å². The van der Waals surface area contributed by atoms with Crippen LogP contribution in [0.15, 0.2) is 36.9 Å². The molecule has 0 amide bonds. The van der Waals surface area contributed by atoms with E-state index in [0.717, 1.165) is 11.3 Å². The van der Waals surface area contributed by atoms with Crippen molar-refractivity contribution in [1.82, 2.24) is 14.8 Å². The van der Waals surface area contributed by atoms with Crippen LogP contribution >= 0.6 is 0 Å². The van der Waals surface area contributed by atoms with Crippen molar-refractivity contribution < 1.29 is 14.2 Å². The molecule has 1 aliphatic heterocycles. The first-order valence-electron chi connectivity index (χ1n) is 6.50. The van der Waals surface area contributed by atoms with Crippen molar-refractivity contribution in [3.05, 3.63) is 42.5 Å². The summed E-state index contributed by atoms with van der Waals surface area (Å²) in [5, 5.41) is 4.13. The molecule has 1 saturated heterocycles. The lowest BCUT2D eigenvalue weighted by molar-refractivity contribution is -0.186. The molecule has 2 atom stereocenters. The third-order valence-electron chi connectivity index (χ3n) is 3.31. The first kappa shape index (κ1) is 13.1. The van der Waals surface area contributed by atoms with Crippen LogP contribution in [-0.2, 0) is 21.8 Å². The summed E-state index contributed by atoms with van der Waals surface area (Å²) < 4.78 is 18.9. The molecular formula is C14H17N3O3. The van der Waals surface area contributed by atoms with Crippen LogP contribution in [0.5, 0.6) is 5.75 Å². The minimum absolute atomic E-state index is 0.0422. The van der Waals surface area contributed by atoms with E-state index < -0.39 is 5.79 Å². The van der Waals surface area contributed by atoms with Crippen LogP contribution < -0.4 is 4.74 Å². The van der Waals surface area contributed by atoms with Gasteiger partial charge >= 0.3 is 0 Å². The molecule has 106 valence electrons. The van der Waals surface area contributed by atoms with Crippen molar-refractivity contribution in [2.75, 3.05) is 13.7 Å². The van der Waals surface area contributed by atoms with Gasteiger partial charge in [0.2, 0.25) is 5.79 Å². The number of methoxy groups -OCH3 is 1. The van der Waals surface area contributed by atoms with Gasteiger partial charge < -0.3 is 14.2 Å². The highest BCUT2D eigenvalue weighted by atomic mass is 16.7. The Bertz CT molecular complexity index is 556. The van der Waals surface area contributed by atoms with Gasteiger partial charge in [0.25, 0.3) is 0 Å². The van der Waals surface area contributed by atoms with Gasteiger partial charge in [-0.3, -0.25) is 0 Å². The Balaban J connectivity index is 1.92. The molecule has 2 aromatic rings. The second kappa shape index (κ2) is 5.22. The molecule has 20 heavy (non-hydrogen) atoms. The monoisotopic (exact) mass is 275 g/mol. The van der Waals surface area contributed by atoms with E-state index in [4.69, 9.17) is 14.2 Å². The number of aromatic nitrogens is 3. The minimum atomic E-state index is -0.820. The van der Waals surface area contributed by atoms with Crippen LogP contribution in [0.1, 0.15) is 12.5 Å². The molecule has 0 spiro atoms. The predicted molar refractivity (Wildman–Crippen MR) is 71.2 cm³/mol. The number of rotatable bonds is 4. The highest BCUT2D eigenvalue weighted by Crippen LogP contribution is 2.36. The van der Waals surface area contributed by atoms with Crippen molar-refractivity contribution in [2.24, 2.45) is 0 Å². The fraction of sp³-hybridized carbons (Fsp3) is 0.429. The second-order valence-electron chi connectivity index (χ2n) is 4.81. The smallest absolute Gasteiger partial charge is 0.215 e. The molecule has 2 heterocycles. The highest BCUT2D eigenvalue weighted by molar-refractivity contribution is 5.30. The van der Waals surface area contributed by atoms with Crippen molar-refractivity contribution in [1.29, 1.82) is 0 Å². The number of benzene rings is 1. The van der Waals surface area contributed by atoms with Crippen molar-refractivity contribution >= 4 is 0 Å². The van der Waals surface area contributed by atoms with E-state index in [2.05, 4.69) is 10.1 Å². The maximum Gasteiger partial charge on any atom is 0.215 e. The molecule has 1 aromatic heterocycles. The standard InChI is InChI=1S/C14H17N3O3/c1-11-7-19-14(20-11,8-17-10-15-9-16-17)12-3-5-13(18-2)6-4-12/h3-6,9-11H,7-8H2,1-2H3/t11-,14+/m1/s1. The molecule has 0 bridgehead atoms. The SMILES string of the molecule is COc1ccc([C@@]2(Cn3cncn3)OC[C@@H](C)O2)cc1. The molecule has 0 N–H and O–H groups in total. The molecule has 0 saturated carbocycles. The zero-order chi connectivity index (χ0) is 14.0. The van der Waals surface area contributed by atoms with Gasteiger partial charge in [-0.15, -0.1) is 0 Å². The Hall–Kier alpha value is -1.92. The lowest BCUT2D eigenvalue weighted by Gasteiger charge is -2.28. The van der Waals surface area contributed by atoms with Gasteiger partial charge in [-0.1, -0.05) is 0 Å². The van der Waals surface area contributed by atoms with Gasteiger partial charge in [0, 0.05) is 5.56 Å². The Morgan fingerprint density at radius 3 is 2.75 bits per heavy atom. The lowest BCUT2D eigenvalue weighted by atomic mass is 10.1. The summed E-state index contributed by atoms with van der Waals surface area (Å²) in [6.07, 6.45) is 3.20. The summed E-state index contributed by atoms with van der Waals surface area (Å²) in [5.41, 5.74) is 0.943. The lowest BCUT2D eigenvalue weighted by Crippen LogP contribution is -2.33. The van der Waals surface area contributed by atoms with E-state index in [1.807, 2.05) is 31.2 Å². The van der Waals surface area contributed by atoms with Crippen LogP contribution in [0, 0.1) is 0 Å². The van der Waals surface area contributed by atoms with Gasteiger partial charge in [0.15, 0.2) is 0 Å². The zero-order valence-electron chi connectivity index (χ0n) is 11.5. The summed E-state index contributed by atoms with van der Waals surface area (Å²) in [6, 6.07) is 7.70. The number of ether oxygens (including phenoxy) is 3. The minimum Gasteiger partial charge on any atom is -0.497 e. The van der Waals surface area contributed by atoms with Gasteiger partial charge in [-0.2, -0.15) is 5.10 Å². The van der Waals surface area contributed by atoms with E-state index in [0.29, 0.717) is 13.2 Å². The second-order valence-corrected chi connectivity index (χ2v) is 4.81. The summed E-state index contributed by atoms with van der Waals surface area (Å²) in [6.45, 7) is 3.01. The Morgan fingerprint density at radius 1 is 1.40 bits per heavy atom. The predicted octanol–water partition coefficient (Wildman–Crippen LogP) is 1.57. The van der Waals surface area contributed by atoms with E-state index >= 15 is 0 Å². The molecule has 6 heteroatoms. The number of nitrogens with zero attached hydrogens (tertiary/aromatic N) is 3. The fourth-order valence-electron chi connectivity index (χ4n) is 2.34. The average molecular weight is 275 g/mol. The average Bonchev–Trinajstić information content (AvgIpc) is 3.10. The van der Waals surface area contributed by atoms with E-state index in [1.165, 1.54) is 6.33 Å². The van der Waals surface area contributed by atoms with E-state index in [9.17, 15) is 0 Å². The third kappa shape index (κ3) is 2.39. The van der Waals surface area contributed by atoms with Crippen molar-refractivity contribution in [2.45, 2.75) is 25.4 Å². The Morgan fingerprint density at radius 2 is 2.20 bits per heavy atom. The summed E-state index contributed by atoms with van der Waals surface area (Å²) in [7, 11) is 1.64. The van der Waals surface area contributed by atoms with E-state index in [-0.39, 0.29) is 6.10 Å². The topological polar surface area (TPSA) is 58.4 Å². The van der Waals surface area contributed by atoms with Crippen LogP contribution in [0.25, 0.3) is 0 Å². The molecule has 0 aliphatic carbocycles. The normalized spacial score (nSPS) is 25.8. The molecule has 1 aliphatic rings. The van der Waals surface area contributed by atoms with Gasteiger partial charge in [-0.05, 0) is 31.2 Å². The fourth-order valence-corrected chi connectivity index (χ4v) is 2.34. The van der Waals surface area contributed by atoms with Crippen LogP contribution in [0.2, 0.25) is 0 Å². The Kier molecular flexibility index (Phi) is 3.42. The summed E-state index contributed by atoms with van der Waals surface area (Å²) >= 11 is 0. The molecule has 1 aromatic carbocycles. The van der Waals surface area contributed by atoms with Crippen molar-refractivity contribution in [3.8, 4) is 5.75 Å². The largest absolute Gasteiger partial charge is 0.497 e. The van der Waals surface area contributed by atoms with Gasteiger partial charge in [0.1, 0.15) is 24.9 Å². The van der Waals surface area contributed by atoms with Gasteiger partial charge in [-0.25, -0.2) is 9.67 Å². The first-order valence-corrected chi connectivity index (χ1v) is 6.50. The molecule has 0 radical (unpaired) electrons. The molecule has 0 unspecified atom stereocenters. The number of hydrogen-bond donors (Lipinski definition) is 0. The van der Waals surface area contributed by atoms with Gasteiger partial charge in [0.05, 0.1) is 19.8 Å². The molecule has 6 nitrogen and oxygen atoms in total. The van der Waals surface area contributed by atoms with Crippen LogP contribution in [-0.4, -0.2) is 34.6 Å². The number of hydrogen-bond acceptors (Lipinski definition) is 5.